The van der Waals surface area contributed by atoms with Gasteiger partial charge in [-0.1, -0.05) is 60.3 Å². The first-order valence-corrected chi connectivity index (χ1v) is 6.89. The van der Waals surface area contributed by atoms with Crippen LogP contribution in [0.25, 0.3) is 0 Å². The van der Waals surface area contributed by atoms with Crippen molar-refractivity contribution < 1.29 is 0 Å². The topological polar surface area (TPSA) is 0 Å². The molecule has 0 saturated heterocycles. The van der Waals surface area contributed by atoms with Gasteiger partial charge in [-0.2, -0.15) is 0 Å². The van der Waals surface area contributed by atoms with E-state index in [0.717, 1.165) is 17.8 Å². The van der Waals surface area contributed by atoms with Gasteiger partial charge in [0.2, 0.25) is 0 Å². The third kappa shape index (κ3) is 4.57. The summed E-state index contributed by atoms with van der Waals surface area (Å²) in [5, 5.41) is 0. The zero-order valence-corrected chi connectivity index (χ0v) is 11.5. The molecule has 0 heterocycles. The van der Waals surface area contributed by atoms with Crippen LogP contribution in [0.4, 0.5) is 0 Å². The van der Waals surface area contributed by atoms with Crippen molar-refractivity contribution in [3.05, 3.63) is 0 Å². The van der Waals surface area contributed by atoms with Crippen molar-refractivity contribution in [1.82, 2.24) is 0 Å². The molecule has 0 radical (unpaired) electrons. The summed E-state index contributed by atoms with van der Waals surface area (Å²) in [4.78, 5) is 0. The molecule has 1 aliphatic carbocycles. The van der Waals surface area contributed by atoms with Crippen LogP contribution in [0.1, 0.15) is 73.1 Å². The minimum atomic E-state index is 0.545. The lowest BCUT2D eigenvalue weighted by Crippen LogP contribution is -2.25. The monoisotopic (exact) mass is 210 g/mol. The smallest absolute Gasteiger partial charge is 0.0354 e. The number of hydrogen-bond donors (Lipinski definition) is 0. The Bertz CT molecular complexity index is 165. The van der Waals surface area contributed by atoms with Gasteiger partial charge in [0.15, 0.2) is 0 Å². The van der Waals surface area contributed by atoms with Crippen LogP contribution < -0.4 is 0 Å². The first kappa shape index (κ1) is 13.1. The lowest BCUT2D eigenvalue weighted by molar-refractivity contribution is 0.144. The third-order valence-corrected chi connectivity index (χ3v) is 4.22. The minimum Gasteiger partial charge on any atom is -0.0628 e. The summed E-state index contributed by atoms with van der Waals surface area (Å²) >= 11 is 0. The summed E-state index contributed by atoms with van der Waals surface area (Å²) in [6.45, 7) is 11.9. The molecule has 15 heavy (non-hydrogen) atoms. The molecule has 0 atom stereocenters. The van der Waals surface area contributed by atoms with E-state index in [9.17, 15) is 0 Å². The average Bonchev–Trinajstić information content (AvgIpc) is 2.14. The van der Waals surface area contributed by atoms with E-state index >= 15 is 0 Å². The van der Waals surface area contributed by atoms with Crippen molar-refractivity contribution in [3.8, 4) is 0 Å². The Balaban J connectivity index is 2.24. The molecule has 1 rings (SSSR count). The minimum absolute atomic E-state index is 0.545. The molecule has 90 valence electrons. The van der Waals surface area contributed by atoms with E-state index in [0.29, 0.717) is 5.41 Å². The van der Waals surface area contributed by atoms with Gasteiger partial charge in [-0.3, -0.25) is 0 Å². The van der Waals surface area contributed by atoms with Crippen molar-refractivity contribution in [1.29, 1.82) is 0 Å². The fraction of sp³-hybridized carbons (Fsp3) is 1.00. The van der Waals surface area contributed by atoms with Crippen LogP contribution in [-0.2, 0) is 0 Å². The zero-order valence-electron chi connectivity index (χ0n) is 11.5. The Hall–Kier alpha value is 0. The standard InChI is InChI=1S/C15H30/c1-12(2)6-7-13-8-10-14(11-9-13)15(3,4)5/h12-14H,6-11H2,1-5H3. The van der Waals surface area contributed by atoms with Crippen LogP contribution >= 0.6 is 0 Å². The van der Waals surface area contributed by atoms with E-state index in [1.807, 2.05) is 0 Å². The molecule has 0 amide bonds. The second kappa shape index (κ2) is 5.37. The average molecular weight is 210 g/mol. The van der Waals surface area contributed by atoms with Gasteiger partial charge in [-0.15, -0.1) is 0 Å². The van der Waals surface area contributed by atoms with Gasteiger partial charge < -0.3 is 0 Å². The van der Waals surface area contributed by atoms with E-state index < -0.39 is 0 Å². The Morgan fingerprint density at radius 3 is 1.93 bits per heavy atom. The summed E-state index contributed by atoms with van der Waals surface area (Å²) in [5.74, 6) is 2.92. The van der Waals surface area contributed by atoms with E-state index in [2.05, 4.69) is 34.6 Å². The maximum Gasteiger partial charge on any atom is -0.0354 e. The summed E-state index contributed by atoms with van der Waals surface area (Å²) < 4.78 is 0. The molecule has 0 heteroatoms. The lowest BCUT2D eigenvalue weighted by atomic mass is 9.69. The van der Waals surface area contributed by atoms with Crippen molar-refractivity contribution in [2.45, 2.75) is 73.1 Å². The maximum atomic E-state index is 2.41. The van der Waals surface area contributed by atoms with Crippen LogP contribution in [0.15, 0.2) is 0 Å². The van der Waals surface area contributed by atoms with Crippen LogP contribution in [0.3, 0.4) is 0 Å². The molecule has 1 saturated carbocycles. The van der Waals surface area contributed by atoms with Crippen molar-refractivity contribution >= 4 is 0 Å². The van der Waals surface area contributed by atoms with E-state index in [-0.39, 0.29) is 0 Å². The third-order valence-electron chi connectivity index (χ3n) is 4.22. The Kier molecular flexibility index (Phi) is 4.67. The van der Waals surface area contributed by atoms with Crippen LogP contribution in [0, 0.1) is 23.2 Å². The number of hydrogen-bond acceptors (Lipinski definition) is 0. The molecule has 0 nitrogen and oxygen atoms in total. The predicted octanol–water partition coefficient (Wildman–Crippen LogP) is 5.28. The summed E-state index contributed by atoms with van der Waals surface area (Å²) in [5.41, 5.74) is 0.545. The molecule has 0 aromatic rings. The molecular formula is C15H30. The second-order valence-corrected chi connectivity index (χ2v) is 7.05. The highest BCUT2D eigenvalue weighted by molar-refractivity contribution is 4.80. The van der Waals surface area contributed by atoms with Gasteiger partial charge in [0.25, 0.3) is 0 Å². The van der Waals surface area contributed by atoms with Crippen molar-refractivity contribution in [3.63, 3.8) is 0 Å². The predicted molar refractivity (Wildman–Crippen MR) is 69.0 cm³/mol. The van der Waals surface area contributed by atoms with E-state index in [1.54, 1.807) is 0 Å². The maximum absolute atomic E-state index is 2.41. The Morgan fingerprint density at radius 1 is 1.00 bits per heavy atom. The first-order chi connectivity index (χ1) is 6.89. The molecule has 0 unspecified atom stereocenters. The van der Waals surface area contributed by atoms with Gasteiger partial charge in [0, 0.05) is 0 Å². The van der Waals surface area contributed by atoms with Gasteiger partial charge in [0.1, 0.15) is 0 Å². The molecular weight excluding hydrogens is 180 g/mol. The molecule has 0 bridgehead atoms. The lowest BCUT2D eigenvalue weighted by Gasteiger charge is -2.37. The highest BCUT2D eigenvalue weighted by atomic mass is 14.3. The quantitative estimate of drug-likeness (QED) is 0.595. The van der Waals surface area contributed by atoms with Crippen molar-refractivity contribution in [2.75, 3.05) is 0 Å². The molecule has 0 aromatic carbocycles. The first-order valence-electron chi connectivity index (χ1n) is 6.89. The highest BCUT2D eigenvalue weighted by Gasteiger charge is 2.29. The summed E-state index contributed by atoms with van der Waals surface area (Å²) in [6.07, 6.45) is 8.86. The molecule has 0 spiro atoms. The second-order valence-electron chi connectivity index (χ2n) is 7.05. The van der Waals surface area contributed by atoms with Crippen LogP contribution in [-0.4, -0.2) is 0 Å². The largest absolute Gasteiger partial charge is 0.0628 e. The zero-order chi connectivity index (χ0) is 11.5. The van der Waals surface area contributed by atoms with E-state index in [4.69, 9.17) is 0 Å². The van der Waals surface area contributed by atoms with Crippen LogP contribution in [0.5, 0.6) is 0 Å². The Labute approximate surface area is 96.8 Å². The summed E-state index contributed by atoms with van der Waals surface area (Å²) in [7, 11) is 0. The SMILES string of the molecule is CC(C)CCC1CCC(C(C)(C)C)CC1. The fourth-order valence-electron chi connectivity index (χ4n) is 2.89. The van der Waals surface area contributed by atoms with Crippen molar-refractivity contribution in [2.24, 2.45) is 23.2 Å². The Morgan fingerprint density at radius 2 is 1.53 bits per heavy atom. The normalized spacial score (nSPS) is 28.4. The van der Waals surface area contributed by atoms with E-state index in [1.165, 1.54) is 38.5 Å². The molecule has 0 N–H and O–H groups in total. The van der Waals surface area contributed by atoms with Crippen LogP contribution in [0.2, 0.25) is 0 Å². The fourth-order valence-corrected chi connectivity index (χ4v) is 2.89. The molecule has 1 aliphatic rings. The highest BCUT2D eigenvalue weighted by Crippen LogP contribution is 2.41. The summed E-state index contributed by atoms with van der Waals surface area (Å²) in [6, 6.07) is 0. The molecule has 0 aromatic heterocycles. The number of rotatable bonds is 3. The van der Waals surface area contributed by atoms with Gasteiger partial charge >= 0.3 is 0 Å². The van der Waals surface area contributed by atoms with Gasteiger partial charge in [-0.25, -0.2) is 0 Å². The van der Waals surface area contributed by atoms with Gasteiger partial charge in [0.05, 0.1) is 0 Å². The molecule has 1 fully saturated rings. The van der Waals surface area contributed by atoms with Gasteiger partial charge in [-0.05, 0) is 36.0 Å². The molecule has 0 aliphatic heterocycles.